The van der Waals surface area contributed by atoms with E-state index in [9.17, 15) is 0 Å². The molecule has 5 heteroatoms. The average molecular weight is 297 g/mol. The van der Waals surface area contributed by atoms with Crippen LogP contribution in [-0.2, 0) is 6.42 Å². The molecule has 2 rings (SSSR count). The van der Waals surface area contributed by atoms with Gasteiger partial charge in [0.05, 0.1) is 5.69 Å². The molecule has 1 unspecified atom stereocenters. The first-order valence-electron chi connectivity index (χ1n) is 5.87. The van der Waals surface area contributed by atoms with Gasteiger partial charge in [0.2, 0.25) is 0 Å². The van der Waals surface area contributed by atoms with Crippen molar-refractivity contribution in [1.29, 1.82) is 0 Å². The normalized spacial score (nSPS) is 13.5. The number of aryl methyl sites for hydroxylation is 1. The van der Waals surface area contributed by atoms with Crippen molar-refractivity contribution in [3.8, 4) is 0 Å². The first-order valence-corrected chi connectivity index (χ1v) is 6.78. The van der Waals surface area contributed by atoms with Crippen LogP contribution in [0, 0.1) is 12.8 Å². The lowest BCUT2D eigenvalue weighted by molar-refractivity contribution is 0.568. The fraction of sp³-hybridized carbons (Fsp3) is 0.583. The van der Waals surface area contributed by atoms with E-state index in [4.69, 9.17) is 0 Å². The van der Waals surface area contributed by atoms with Crippen molar-refractivity contribution in [3.05, 3.63) is 23.9 Å². The van der Waals surface area contributed by atoms with Gasteiger partial charge in [0.25, 0.3) is 0 Å². The Morgan fingerprint density at radius 1 is 1.35 bits per heavy atom. The van der Waals surface area contributed by atoms with E-state index in [1.807, 2.05) is 23.7 Å². The van der Waals surface area contributed by atoms with E-state index in [0.717, 1.165) is 30.0 Å². The SMILES string of the molecule is Cc1nnc2c(CC(Br)CC(C)C)nccn12. The summed E-state index contributed by atoms with van der Waals surface area (Å²) in [5.74, 6) is 1.58. The third kappa shape index (κ3) is 2.83. The smallest absolute Gasteiger partial charge is 0.182 e. The lowest BCUT2D eigenvalue weighted by atomic mass is 10.1. The number of halogens is 1. The molecule has 17 heavy (non-hydrogen) atoms. The summed E-state index contributed by atoms with van der Waals surface area (Å²) in [6.45, 7) is 6.40. The molecule has 1 atom stereocenters. The fourth-order valence-electron chi connectivity index (χ4n) is 1.94. The Bertz CT molecular complexity index is 506. The largest absolute Gasteiger partial charge is 0.284 e. The van der Waals surface area contributed by atoms with Crippen molar-refractivity contribution in [2.45, 2.75) is 38.4 Å². The molecule has 0 radical (unpaired) electrons. The topological polar surface area (TPSA) is 43.1 Å². The zero-order valence-electron chi connectivity index (χ0n) is 10.4. The number of rotatable bonds is 4. The van der Waals surface area contributed by atoms with Crippen LogP contribution in [-0.4, -0.2) is 24.4 Å². The second kappa shape index (κ2) is 5.12. The monoisotopic (exact) mass is 296 g/mol. The predicted octanol–water partition coefficient (Wildman–Crippen LogP) is 2.78. The maximum atomic E-state index is 4.41. The van der Waals surface area contributed by atoms with Crippen molar-refractivity contribution in [3.63, 3.8) is 0 Å². The summed E-state index contributed by atoms with van der Waals surface area (Å²) in [6, 6.07) is 0. The highest BCUT2D eigenvalue weighted by Crippen LogP contribution is 2.18. The zero-order chi connectivity index (χ0) is 12.4. The third-order valence-corrected chi connectivity index (χ3v) is 3.41. The van der Waals surface area contributed by atoms with Crippen LogP contribution < -0.4 is 0 Å². The molecule has 0 aliphatic heterocycles. The lowest BCUT2D eigenvalue weighted by Gasteiger charge is -2.11. The molecule has 0 saturated heterocycles. The van der Waals surface area contributed by atoms with E-state index in [2.05, 4.69) is 45.0 Å². The molecule has 2 heterocycles. The molecule has 0 aliphatic rings. The minimum atomic E-state index is 0.443. The van der Waals surface area contributed by atoms with Crippen LogP contribution in [0.1, 0.15) is 31.8 Å². The molecule has 4 nitrogen and oxygen atoms in total. The van der Waals surface area contributed by atoms with Crippen molar-refractivity contribution in [2.75, 3.05) is 0 Å². The minimum absolute atomic E-state index is 0.443. The summed E-state index contributed by atoms with van der Waals surface area (Å²) >= 11 is 3.71. The summed E-state index contributed by atoms with van der Waals surface area (Å²) < 4.78 is 1.98. The van der Waals surface area contributed by atoms with Crippen LogP contribution in [0.3, 0.4) is 0 Å². The summed E-state index contributed by atoms with van der Waals surface area (Å²) in [7, 11) is 0. The molecule has 2 aromatic rings. The molecular weight excluding hydrogens is 280 g/mol. The van der Waals surface area contributed by atoms with Gasteiger partial charge >= 0.3 is 0 Å². The Balaban J connectivity index is 2.24. The van der Waals surface area contributed by atoms with Crippen LogP contribution in [0.5, 0.6) is 0 Å². The molecule has 0 saturated carbocycles. The van der Waals surface area contributed by atoms with E-state index in [0.29, 0.717) is 10.7 Å². The highest BCUT2D eigenvalue weighted by molar-refractivity contribution is 9.09. The first kappa shape index (κ1) is 12.5. The van der Waals surface area contributed by atoms with Crippen molar-refractivity contribution in [1.82, 2.24) is 19.6 Å². The number of fused-ring (bicyclic) bond motifs is 1. The molecule has 0 N–H and O–H groups in total. The number of hydrogen-bond donors (Lipinski definition) is 0. The maximum Gasteiger partial charge on any atom is 0.182 e. The van der Waals surface area contributed by atoms with Crippen molar-refractivity contribution in [2.24, 2.45) is 5.92 Å². The highest BCUT2D eigenvalue weighted by Gasteiger charge is 2.13. The molecule has 0 aromatic carbocycles. The lowest BCUT2D eigenvalue weighted by Crippen LogP contribution is -2.09. The molecule has 0 spiro atoms. The first-order chi connectivity index (χ1) is 8.08. The van der Waals surface area contributed by atoms with Gasteiger partial charge in [-0.15, -0.1) is 10.2 Å². The Morgan fingerprint density at radius 3 is 2.82 bits per heavy atom. The van der Waals surface area contributed by atoms with Gasteiger partial charge in [0.15, 0.2) is 5.65 Å². The van der Waals surface area contributed by atoms with E-state index in [1.165, 1.54) is 0 Å². The Morgan fingerprint density at radius 2 is 2.12 bits per heavy atom. The fourth-order valence-corrected chi connectivity index (χ4v) is 3.00. The predicted molar refractivity (Wildman–Crippen MR) is 71.4 cm³/mol. The molecule has 2 aromatic heterocycles. The Labute approximate surface area is 110 Å². The summed E-state index contributed by atoms with van der Waals surface area (Å²) in [5.41, 5.74) is 1.88. The maximum absolute atomic E-state index is 4.41. The van der Waals surface area contributed by atoms with Crippen molar-refractivity contribution >= 4 is 21.6 Å². The van der Waals surface area contributed by atoms with Crippen LogP contribution in [0.2, 0.25) is 0 Å². The van der Waals surface area contributed by atoms with E-state index < -0.39 is 0 Å². The second-order valence-corrected chi connectivity index (χ2v) is 6.04. The van der Waals surface area contributed by atoms with E-state index in [1.54, 1.807) is 0 Å². The number of nitrogens with zero attached hydrogens (tertiary/aromatic N) is 4. The van der Waals surface area contributed by atoms with Gasteiger partial charge in [0.1, 0.15) is 5.82 Å². The standard InChI is InChI=1S/C12H17BrN4/c1-8(2)6-10(13)7-11-12-16-15-9(3)17(12)5-4-14-11/h4-5,8,10H,6-7H2,1-3H3. The average Bonchev–Trinajstić information content (AvgIpc) is 2.61. The van der Waals surface area contributed by atoms with Gasteiger partial charge in [0, 0.05) is 23.6 Å². The zero-order valence-corrected chi connectivity index (χ0v) is 12.0. The number of aromatic nitrogens is 4. The second-order valence-electron chi connectivity index (χ2n) is 4.75. The summed E-state index contributed by atoms with van der Waals surface area (Å²) in [6.07, 6.45) is 5.74. The molecule has 92 valence electrons. The summed E-state index contributed by atoms with van der Waals surface area (Å²) in [5, 5.41) is 8.26. The van der Waals surface area contributed by atoms with Gasteiger partial charge in [-0.05, 0) is 19.3 Å². The van der Waals surface area contributed by atoms with Gasteiger partial charge in [-0.25, -0.2) is 0 Å². The molecular formula is C12H17BrN4. The van der Waals surface area contributed by atoms with Crippen LogP contribution >= 0.6 is 15.9 Å². The molecule has 0 amide bonds. The molecule has 0 fully saturated rings. The Hall–Kier alpha value is -0.970. The van der Waals surface area contributed by atoms with Gasteiger partial charge in [-0.3, -0.25) is 9.38 Å². The quantitative estimate of drug-likeness (QED) is 0.815. The summed E-state index contributed by atoms with van der Waals surface area (Å²) in [4.78, 5) is 4.86. The van der Waals surface area contributed by atoms with Gasteiger partial charge in [-0.2, -0.15) is 0 Å². The minimum Gasteiger partial charge on any atom is -0.284 e. The molecule has 0 aliphatic carbocycles. The third-order valence-electron chi connectivity index (χ3n) is 2.71. The number of alkyl halides is 1. The van der Waals surface area contributed by atoms with Gasteiger partial charge < -0.3 is 0 Å². The highest BCUT2D eigenvalue weighted by atomic mass is 79.9. The van der Waals surface area contributed by atoms with Crippen LogP contribution in [0.25, 0.3) is 5.65 Å². The van der Waals surface area contributed by atoms with E-state index in [-0.39, 0.29) is 0 Å². The van der Waals surface area contributed by atoms with Crippen LogP contribution in [0.15, 0.2) is 12.4 Å². The van der Waals surface area contributed by atoms with Crippen molar-refractivity contribution < 1.29 is 0 Å². The molecule has 0 bridgehead atoms. The Kier molecular flexibility index (Phi) is 3.76. The van der Waals surface area contributed by atoms with Crippen LogP contribution in [0.4, 0.5) is 0 Å². The number of hydrogen-bond acceptors (Lipinski definition) is 3. The van der Waals surface area contributed by atoms with E-state index >= 15 is 0 Å². The van der Waals surface area contributed by atoms with Gasteiger partial charge in [-0.1, -0.05) is 29.8 Å².